The van der Waals surface area contributed by atoms with Crippen molar-refractivity contribution >= 4 is 40.1 Å². The Bertz CT molecular complexity index is 658. The van der Waals surface area contributed by atoms with Crippen LogP contribution in [-0.2, 0) is 16.1 Å². The predicted octanol–water partition coefficient (Wildman–Crippen LogP) is 1.56. The van der Waals surface area contributed by atoms with Crippen LogP contribution in [0, 0.1) is 0 Å². The molecule has 3 N–H and O–H groups in total. The van der Waals surface area contributed by atoms with Crippen LogP contribution in [0.1, 0.15) is 31.3 Å². The average Bonchev–Trinajstić information content (AvgIpc) is 3.10. The van der Waals surface area contributed by atoms with Gasteiger partial charge in [0, 0.05) is 7.11 Å². The van der Waals surface area contributed by atoms with Crippen LogP contribution in [0.3, 0.4) is 0 Å². The Morgan fingerprint density at radius 1 is 1.39 bits per heavy atom. The first kappa shape index (κ1) is 17.6. The first-order valence-corrected chi connectivity index (χ1v) is 8.86. The number of methoxy groups -OCH3 is 1. The van der Waals surface area contributed by atoms with Crippen LogP contribution < -0.4 is 11.1 Å². The minimum atomic E-state index is -0.506. The van der Waals surface area contributed by atoms with Crippen molar-refractivity contribution in [3.8, 4) is 0 Å². The van der Waals surface area contributed by atoms with Crippen LogP contribution in [0.15, 0.2) is 5.16 Å². The zero-order chi connectivity index (χ0) is 16.8. The third kappa shape index (κ3) is 4.18. The SMILES string of the molecule is CCSc1nnc(N)n1C(CC)C(=O)Nc1nnc(COC)s1. The molecular formula is C12H19N7O2S2. The molecule has 0 bridgehead atoms. The fraction of sp³-hybridized carbons (Fsp3) is 0.583. The number of rotatable bonds is 8. The number of nitrogens with one attached hydrogen (secondary N) is 1. The fourth-order valence-corrected chi connectivity index (χ4v) is 3.40. The van der Waals surface area contributed by atoms with Gasteiger partial charge in [-0.1, -0.05) is 36.9 Å². The lowest BCUT2D eigenvalue weighted by molar-refractivity contribution is -0.119. The van der Waals surface area contributed by atoms with Gasteiger partial charge in [-0.15, -0.1) is 20.4 Å². The van der Waals surface area contributed by atoms with E-state index in [2.05, 4.69) is 25.7 Å². The maximum Gasteiger partial charge on any atom is 0.249 e. The van der Waals surface area contributed by atoms with Crippen LogP contribution in [0.5, 0.6) is 0 Å². The highest BCUT2D eigenvalue weighted by Crippen LogP contribution is 2.26. The summed E-state index contributed by atoms with van der Waals surface area (Å²) < 4.78 is 6.64. The maximum atomic E-state index is 12.6. The van der Waals surface area contributed by atoms with Crippen molar-refractivity contribution in [3.63, 3.8) is 0 Å². The first-order valence-electron chi connectivity index (χ1n) is 7.06. The van der Waals surface area contributed by atoms with E-state index in [0.717, 1.165) is 5.75 Å². The normalized spacial score (nSPS) is 12.3. The molecule has 0 aromatic carbocycles. The molecule has 2 aromatic heterocycles. The van der Waals surface area contributed by atoms with E-state index < -0.39 is 6.04 Å². The minimum absolute atomic E-state index is 0.222. The Balaban J connectivity index is 2.16. The molecule has 2 aromatic rings. The highest BCUT2D eigenvalue weighted by atomic mass is 32.2. The quantitative estimate of drug-likeness (QED) is 0.683. The third-order valence-corrected chi connectivity index (χ3v) is 4.57. The monoisotopic (exact) mass is 357 g/mol. The molecule has 9 nitrogen and oxygen atoms in total. The van der Waals surface area contributed by atoms with Crippen molar-refractivity contribution < 1.29 is 9.53 Å². The zero-order valence-corrected chi connectivity index (χ0v) is 14.8. The van der Waals surface area contributed by atoms with Gasteiger partial charge in [-0.2, -0.15) is 0 Å². The van der Waals surface area contributed by atoms with Gasteiger partial charge in [0.25, 0.3) is 0 Å². The standard InChI is InChI=1S/C12H19N7O2S2/c1-4-7(19-10(13)16-18-12(19)22-5-2)9(20)14-11-17-15-8(23-11)6-21-3/h7H,4-6H2,1-3H3,(H2,13,16)(H,14,17,20). The number of ether oxygens (including phenoxy) is 1. The molecule has 23 heavy (non-hydrogen) atoms. The Morgan fingerprint density at radius 3 is 2.83 bits per heavy atom. The van der Waals surface area contributed by atoms with E-state index in [1.807, 2.05) is 13.8 Å². The molecule has 1 atom stereocenters. The maximum absolute atomic E-state index is 12.6. The average molecular weight is 357 g/mol. The highest BCUT2D eigenvalue weighted by Gasteiger charge is 2.25. The second-order valence-corrected chi connectivity index (χ2v) is 6.78. The summed E-state index contributed by atoms with van der Waals surface area (Å²) in [5.74, 6) is 0.810. The van der Waals surface area contributed by atoms with E-state index in [1.165, 1.54) is 23.1 Å². The molecule has 0 radical (unpaired) electrons. The number of aromatic nitrogens is 5. The second kappa shape index (κ2) is 8.22. The van der Waals surface area contributed by atoms with Crippen LogP contribution in [0.25, 0.3) is 0 Å². The molecule has 1 amide bonds. The summed E-state index contributed by atoms with van der Waals surface area (Å²) in [6, 6.07) is -0.506. The smallest absolute Gasteiger partial charge is 0.249 e. The lowest BCUT2D eigenvalue weighted by atomic mass is 10.2. The van der Waals surface area contributed by atoms with Gasteiger partial charge in [-0.25, -0.2) is 0 Å². The van der Waals surface area contributed by atoms with E-state index in [9.17, 15) is 4.79 Å². The van der Waals surface area contributed by atoms with Crippen molar-refractivity contribution in [3.05, 3.63) is 5.01 Å². The van der Waals surface area contributed by atoms with Gasteiger partial charge >= 0.3 is 0 Å². The summed E-state index contributed by atoms with van der Waals surface area (Å²) >= 11 is 2.76. The van der Waals surface area contributed by atoms with Crippen molar-refractivity contribution in [2.24, 2.45) is 0 Å². The van der Waals surface area contributed by atoms with Crippen molar-refractivity contribution in [1.82, 2.24) is 25.0 Å². The van der Waals surface area contributed by atoms with Crippen LogP contribution in [0.4, 0.5) is 11.1 Å². The molecule has 0 saturated heterocycles. The van der Waals surface area contributed by atoms with Crippen molar-refractivity contribution in [1.29, 1.82) is 0 Å². The van der Waals surface area contributed by atoms with Crippen LogP contribution in [0.2, 0.25) is 0 Å². The van der Waals surface area contributed by atoms with Crippen LogP contribution in [-0.4, -0.2) is 43.7 Å². The summed E-state index contributed by atoms with van der Waals surface area (Å²) in [6.45, 7) is 4.26. The Hall–Kier alpha value is -1.72. The van der Waals surface area contributed by atoms with E-state index in [1.54, 1.807) is 11.7 Å². The summed E-state index contributed by atoms with van der Waals surface area (Å²) in [5.41, 5.74) is 5.88. The number of nitrogen functional groups attached to an aromatic ring is 1. The topological polar surface area (TPSA) is 121 Å². The van der Waals surface area contributed by atoms with Gasteiger partial charge in [-0.3, -0.25) is 14.7 Å². The molecule has 0 fully saturated rings. The van der Waals surface area contributed by atoms with Gasteiger partial charge in [-0.05, 0) is 12.2 Å². The summed E-state index contributed by atoms with van der Waals surface area (Å²) in [6.07, 6.45) is 0.551. The molecule has 2 heterocycles. The summed E-state index contributed by atoms with van der Waals surface area (Å²) in [5, 5.41) is 20.3. The van der Waals surface area contributed by atoms with Crippen molar-refractivity contribution in [2.45, 2.75) is 38.1 Å². The minimum Gasteiger partial charge on any atom is -0.377 e. The van der Waals surface area contributed by atoms with E-state index >= 15 is 0 Å². The molecule has 126 valence electrons. The largest absolute Gasteiger partial charge is 0.377 e. The molecular weight excluding hydrogens is 338 g/mol. The van der Waals surface area contributed by atoms with E-state index in [0.29, 0.717) is 28.3 Å². The van der Waals surface area contributed by atoms with E-state index in [-0.39, 0.29) is 11.9 Å². The highest BCUT2D eigenvalue weighted by molar-refractivity contribution is 7.99. The van der Waals surface area contributed by atoms with Gasteiger partial charge < -0.3 is 10.5 Å². The Kier molecular flexibility index (Phi) is 6.30. The first-order chi connectivity index (χ1) is 11.1. The third-order valence-electron chi connectivity index (χ3n) is 2.93. The molecule has 0 spiro atoms. The number of hydrogen-bond donors (Lipinski definition) is 2. The van der Waals surface area contributed by atoms with Gasteiger partial charge in [0.05, 0.1) is 0 Å². The zero-order valence-electron chi connectivity index (χ0n) is 13.1. The number of hydrogen-bond acceptors (Lipinski definition) is 9. The second-order valence-electron chi connectivity index (χ2n) is 4.49. The molecule has 2 rings (SSSR count). The number of carbonyl (C=O) groups excluding carboxylic acids is 1. The number of carbonyl (C=O) groups is 1. The number of thioether (sulfide) groups is 1. The number of nitrogens with two attached hydrogens (primary N) is 1. The van der Waals surface area contributed by atoms with Gasteiger partial charge in [0.1, 0.15) is 17.7 Å². The van der Waals surface area contributed by atoms with Gasteiger partial charge in [0.15, 0.2) is 5.16 Å². The lowest BCUT2D eigenvalue weighted by Crippen LogP contribution is -2.27. The molecule has 0 aliphatic heterocycles. The van der Waals surface area contributed by atoms with Crippen LogP contribution >= 0.6 is 23.1 Å². The number of amides is 1. The summed E-state index contributed by atoms with van der Waals surface area (Å²) in [7, 11) is 1.58. The lowest BCUT2D eigenvalue weighted by Gasteiger charge is -2.17. The Labute approximate surface area is 142 Å². The Morgan fingerprint density at radius 2 is 2.17 bits per heavy atom. The molecule has 0 saturated carbocycles. The number of nitrogens with zero attached hydrogens (tertiary/aromatic N) is 5. The van der Waals surface area contributed by atoms with E-state index in [4.69, 9.17) is 10.5 Å². The summed E-state index contributed by atoms with van der Waals surface area (Å²) in [4.78, 5) is 12.6. The van der Waals surface area contributed by atoms with Gasteiger partial charge in [0.2, 0.25) is 17.0 Å². The molecule has 1 unspecified atom stereocenters. The molecule has 0 aliphatic rings. The molecule has 0 aliphatic carbocycles. The number of anilines is 2. The fourth-order valence-electron chi connectivity index (χ4n) is 1.97. The van der Waals surface area contributed by atoms with Crippen molar-refractivity contribution in [2.75, 3.05) is 23.9 Å². The predicted molar refractivity (Wildman–Crippen MR) is 89.4 cm³/mol. The molecule has 11 heteroatoms.